The standard InChI is InChI=1S/C11H14F2.C11H20N2.C11H14.C4H8F2.C2H6/c1-8(2)9-4-6-10(7-5-9)11(3,12)13;1-5-7-11(13-8-12)10(6-2)9(3)4;1-3-7-10(2)11-8-5-4-6-9-11;1-3-4(2,5)6;1-2/h4-8H,1-3H3;8H,3,5-7H2,1-2,4H3,(H2,12,13);3-6,8-10H,1,7H2,2H3;3H2,1-2H3;1-2H3/b;11-10-;;;. The molecule has 2 N–H and O–H groups in total. The maximum absolute atomic E-state index is 12.8. The first-order valence-electron chi connectivity index (χ1n) is 16.1. The lowest BCUT2D eigenvalue weighted by Crippen LogP contribution is -2.06. The predicted molar refractivity (Wildman–Crippen MR) is 192 cm³/mol. The van der Waals surface area contributed by atoms with Crippen LogP contribution in [0.1, 0.15) is 137 Å². The molecule has 0 aromatic heterocycles. The highest BCUT2D eigenvalue weighted by atomic mass is 19.3. The number of hydrogen-bond donors (Lipinski definition) is 1. The lowest BCUT2D eigenvalue weighted by molar-refractivity contribution is 0.0170. The molecule has 0 saturated heterocycles. The Hall–Kier alpha value is -3.15. The molecule has 0 spiro atoms. The van der Waals surface area contributed by atoms with E-state index in [1.54, 1.807) is 12.1 Å². The molecular formula is C39H62F4N2. The van der Waals surface area contributed by atoms with E-state index >= 15 is 0 Å². The van der Waals surface area contributed by atoms with Gasteiger partial charge in [0, 0.05) is 24.6 Å². The lowest BCUT2D eigenvalue weighted by Gasteiger charge is -2.12. The van der Waals surface area contributed by atoms with Gasteiger partial charge < -0.3 is 5.73 Å². The smallest absolute Gasteiger partial charge is 0.270 e. The van der Waals surface area contributed by atoms with Crippen molar-refractivity contribution >= 4 is 6.34 Å². The number of allylic oxidation sites excluding steroid dienone is 4. The molecule has 256 valence electrons. The molecule has 0 bridgehead atoms. The van der Waals surface area contributed by atoms with Crippen LogP contribution in [-0.4, -0.2) is 12.3 Å². The van der Waals surface area contributed by atoms with E-state index < -0.39 is 11.8 Å². The zero-order valence-corrected chi connectivity index (χ0v) is 30.0. The molecule has 6 heteroatoms. The van der Waals surface area contributed by atoms with E-state index in [2.05, 4.69) is 63.2 Å². The third kappa shape index (κ3) is 23.8. The van der Waals surface area contributed by atoms with E-state index in [0.29, 0.717) is 11.8 Å². The number of aliphatic imine (C=N–C) groups is 1. The molecule has 0 radical (unpaired) electrons. The van der Waals surface area contributed by atoms with E-state index in [-0.39, 0.29) is 12.0 Å². The third-order valence-corrected chi connectivity index (χ3v) is 6.53. The van der Waals surface area contributed by atoms with Crippen LogP contribution in [0, 0.1) is 0 Å². The van der Waals surface area contributed by atoms with Gasteiger partial charge in [-0.05, 0) is 61.6 Å². The van der Waals surface area contributed by atoms with Crippen molar-refractivity contribution in [1.29, 1.82) is 0 Å². The van der Waals surface area contributed by atoms with Gasteiger partial charge in [-0.15, -0.1) is 6.58 Å². The fourth-order valence-corrected chi connectivity index (χ4v) is 3.70. The summed E-state index contributed by atoms with van der Waals surface area (Å²) in [6.45, 7) is 27.5. The van der Waals surface area contributed by atoms with Gasteiger partial charge in [-0.2, -0.15) is 0 Å². The van der Waals surface area contributed by atoms with Gasteiger partial charge in [-0.1, -0.05) is 135 Å². The summed E-state index contributed by atoms with van der Waals surface area (Å²) in [4.78, 5) is 4.18. The van der Waals surface area contributed by atoms with Crippen molar-refractivity contribution < 1.29 is 17.6 Å². The maximum Gasteiger partial charge on any atom is 0.270 e. The molecule has 0 fully saturated rings. The molecule has 2 aromatic rings. The lowest BCUT2D eigenvalue weighted by atomic mass is 9.98. The molecule has 2 nitrogen and oxygen atoms in total. The van der Waals surface area contributed by atoms with Gasteiger partial charge >= 0.3 is 0 Å². The first-order chi connectivity index (χ1) is 21.0. The Kier molecular flexibility index (Phi) is 26.8. The van der Waals surface area contributed by atoms with Crippen molar-refractivity contribution in [2.45, 2.75) is 132 Å². The Morgan fingerprint density at radius 2 is 1.38 bits per heavy atom. The number of nitrogens with two attached hydrogens (primary N) is 1. The minimum absolute atomic E-state index is 0.0625. The van der Waals surface area contributed by atoms with Crippen LogP contribution < -0.4 is 5.73 Å². The summed E-state index contributed by atoms with van der Waals surface area (Å²) in [5.74, 6) is -4.19. The van der Waals surface area contributed by atoms with Crippen molar-refractivity contribution in [3.8, 4) is 0 Å². The number of rotatable bonds is 11. The van der Waals surface area contributed by atoms with Gasteiger partial charge in [0.2, 0.25) is 5.92 Å². The van der Waals surface area contributed by atoms with Gasteiger partial charge in [0.05, 0.1) is 6.34 Å². The summed E-state index contributed by atoms with van der Waals surface area (Å²) < 4.78 is 48.5. The monoisotopic (exact) mass is 634 g/mol. The van der Waals surface area contributed by atoms with Crippen LogP contribution in [0.2, 0.25) is 0 Å². The van der Waals surface area contributed by atoms with Crippen LogP contribution >= 0.6 is 0 Å². The van der Waals surface area contributed by atoms with Crippen molar-refractivity contribution in [1.82, 2.24) is 0 Å². The third-order valence-electron chi connectivity index (χ3n) is 6.53. The van der Waals surface area contributed by atoms with E-state index in [0.717, 1.165) is 56.4 Å². The molecule has 2 aromatic carbocycles. The zero-order valence-electron chi connectivity index (χ0n) is 30.0. The summed E-state index contributed by atoms with van der Waals surface area (Å²) in [5, 5.41) is 0. The van der Waals surface area contributed by atoms with Crippen LogP contribution in [0.5, 0.6) is 0 Å². The van der Waals surface area contributed by atoms with Crippen molar-refractivity contribution in [2.75, 3.05) is 0 Å². The molecule has 0 amide bonds. The Labute approximate surface area is 273 Å². The summed E-state index contributed by atoms with van der Waals surface area (Å²) in [7, 11) is 0. The molecule has 0 aliphatic heterocycles. The summed E-state index contributed by atoms with van der Waals surface area (Å²) in [6.07, 6.45) is 7.37. The number of halogens is 4. The van der Waals surface area contributed by atoms with Crippen LogP contribution in [0.25, 0.3) is 0 Å². The molecule has 0 aliphatic rings. The zero-order chi connectivity index (χ0) is 35.6. The number of nitrogens with zero attached hydrogens (tertiary/aromatic N) is 1. The van der Waals surface area contributed by atoms with Gasteiger partial charge in [-0.3, -0.25) is 0 Å². The molecule has 0 saturated carbocycles. The molecule has 45 heavy (non-hydrogen) atoms. The first kappa shape index (κ1) is 46.3. The molecule has 1 atom stereocenters. The Balaban J connectivity index is -0.000000528. The number of alkyl halides is 4. The van der Waals surface area contributed by atoms with Gasteiger partial charge in [0.15, 0.2) is 0 Å². The largest absolute Gasteiger partial charge is 0.390 e. The molecule has 2 rings (SSSR count). The molecule has 0 aliphatic carbocycles. The van der Waals surface area contributed by atoms with Gasteiger partial charge in [-0.25, -0.2) is 22.6 Å². The van der Waals surface area contributed by atoms with Crippen molar-refractivity contribution in [3.05, 3.63) is 107 Å². The van der Waals surface area contributed by atoms with Gasteiger partial charge in [0.1, 0.15) is 0 Å². The second kappa shape index (κ2) is 26.1. The Bertz CT molecular complexity index is 1070. The second-order valence-corrected chi connectivity index (χ2v) is 11.0. The maximum atomic E-state index is 12.8. The number of hydrogen-bond acceptors (Lipinski definition) is 1. The van der Waals surface area contributed by atoms with Crippen LogP contribution in [0.15, 0.2) is 95.7 Å². The van der Waals surface area contributed by atoms with E-state index in [1.807, 2.05) is 46.8 Å². The minimum atomic E-state index is -2.73. The quantitative estimate of drug-likeness (QED) is 0.0863. The van der Waals surface area contributed by atoms with Crippen LogP contribution in [0.4, 0.5) is 17.6 Å². The fourth-order valence-electron chi connectivity index (χ4n) is 3.70. The summed E-state index contributed by atoms with van der Waals surface area (Å²) in [5.41, 5.74) is 11.3. The highest BCUT2D eigenvalue weighted by molar-refractivity contribution is 5.54. The Morgan fingerprint density at radius 3 is 1.69 bits per heavy atom. The average Bonchev–Trinajstić information content (AvgIpc) is 2.99. The topological polar surface area (TPSA) is 38.4 Å². The first-order valence-corrected chi connectivity index (χ1v) is 16.1. The van der Waals surface area contributed by atoms with E-state index in [4.69, 9.17) is 5.73 Å². The number of benzene rings is 2. The molecular weight excluding hydrogens is 572 g/mol. The fraction of sp³-hybridized carbons (Fsp3) is 0.513. The normalized spacial score (nSPS) is 12.1. The van der Waals surface area contributed by atoms with Crippen LogP contribution in [-0.2, 0) is 5.92 Å². The van der Waals surface area contributed by atoms with Crippen LogP contribution in [0.3, 0.4) is 0 Å². The summed E-state index contributed by atoms with van der Waals surface area (Å²) in [6, 6.07) is 17.0. The predicted octanol–water partition coefficient (Wildman–Crippen LogP) is 13.4. The average molecular weight is 635 g/mol. The van der Waals surface area contributed by atoms with E-state index in [9.17, 15) is 17.6 Å². The van der Waals surface area contributed by atoms with E-state index in [1.165, 1.54) is 36.5 Å². The highest BCUT2D eigenvalue weighted by Gasteiger charge is 2.23. The van der Waals surface area contributed by atoms with Crippen molar-refractivity contribution in [2.24, 2.45) is 10.7 Å². The highest BCUT2D eigenvalue weighted by Crippen LogP contribution is 2.28. The SMILES string of the molecule is C=C(C)/C(CC)=C(/CCC)N=CN.C=CCC(C)c1ccccc1.CC.CC(C)c1ccc(C(C)(F)F)cc1.CCC(C)(F)F. The van der Waals surface area contributed by atoms with Gasteiger partial charge in [0.25, 0.3) is 5.92 Å². The minimum Gasteiger partial charge on any atom is -0.390 e. The molecule has 0 heterocycles. The Morgan fingerprint density at radius 1 is 0.889 bits per heavy atom. The molecule has 1 unspecified atom stereocenters. The second-order valence-electron chi connectivity index (χ2n) is 11.0. The summed E-state index contributed by atoms with van der Waals surface area (Å²) >= 11 is 0. The van der Waals surface area contributed by atoms with Crippen molar-refractivity contribution in [3.63, 3.8) is 0 Å².